The molecule has 2 fully saturated rings. The van der Waals surface area contributed by atoms with Crippen molar-refractivity contribution in [2.75, 3.05) is 19.6 Å². The molecule has 4 aromatic rings. The standard InChI is InChI=1S/C34H39N3P2/c1-2-3-28-37(38(31-22-12-6-13-23-31)32-24-14-7-15-25-32)39-33(29-18-8-4-9-19-29)35-26-16-17-27-36(35)34(39)30-20-10-5-11-21-30/h4-15,18-25,33-34H,2-3,16-17,26-28H2,1H3/t33-,34+,39?. The number of hydrogen-bond donors (Lipinski definition) is 0. The van der Waals surface area contributed by atoms with Crippen LogP contribution in [-0.2, 0) is 0 Å². The summed E-state index contributed by atoms with van der Waals surface area (Å²) in [4.78, 5) is 0. The Bertz CT molecular complexity index is 1190. The normalized spacial score (nSPS) is 21.9. The van der Waals surface area contributed by atoms with E-state index in [9.17, 15) is 0 Å². The van der Waals surface area contributed by atoms with E-state index in [0.717, 1.165) is 19.6 Å². The largest absolute Gasteiger partial charge is 0.249 e. The fourth-order valence-electron chi connectivity index (χ4n) is 6.06. The molecule has 0 amide bonds. The summed E-state index contributed by atoms with van der Waals surface area (Å²) in [5.74, 6) is 0.752. The van der Waals surface area contributed by atoms with Gasteiger partial charge in [-0.25, -0.2) is 14.5 Å². The van der Waals surface area contributed by atoms with Crippen molar-refractivity contribution in [3.05, 3.63) is 132 Å². The van der Waals surface area contributed by atoms with Crippen LogP contribution in [0.2, 0.25) is 0 Å². The zero-order valence-corrected chi connectivity index (χ0v) is 24.7. The van der Waals surface area contributed by atoms with E-state index in [1.54, 1.807) is 0 Å². The minimum atomic E-state index is -0.690. The lowest BCUT2D eigenvalue weighted by atomic mass is 10.1. The highest BCUT2D eigenvalue weighted by atomic mass is 31.2. The van der Waals surface area contributed by atoms with Gasteiger partial charge in [-0.2, -0.15) is 0 Å². The molecule has 0 aliphatic carbocycles. The first kappa shape index (κ1) is 26.8. The molecule has 0 aromatic heterocycles. The number of rotatable bonds is 9. The molecule has 2 aliphatic rings. The quantitative estimate of drug-likeness (QED) is 0.194. The first-order valence-electron chi connectivity index (χ1n) is 14.5. The molecule has 5 heteroatoms. The van der Waals surface area contributed by atoms with Crippen molar-refractivity contribution in [1.82, 2.24) is 14.5 Å². The van der Waals surface area contributed by atoms with E-state index in [-0.39, 0.29) is 0 Å². The van der Waals surface area contributed by atoms with Gasteiger partial charge in [0.1, 0.15) is 0 Å². The molecular weight excluding hydrogens is 512 g/mol. The topological polar surface area (TPSA) is 9.72 Å². The van der Waals surface area contributed by atoms with Crippen LogP contribution in [0.3, 0.4) is 0 Å². The molecule has 4 aromatic carbocycles. The fraction of sp³-hybridized carbons (Fsp3) is 0.294. The summed E-state index contributed by atoms with van der Waals surface area (Å²) in [5.41, 5.74) is 2.93. The average Bonchev–Trinajstić information content (AvgIpc) is 3.36. The Hall–Kier alpha value is -2.38. The zero-order valence-electron chi connectivity index (χ0n) is 22.9. The lowest BCUT2D eigenvalue weighted by Crippen LogP contribution is -2.43. The minimum Gasteiger partial charge on any atom is -0.249 e. The summed E-state index contributed by atoms with van der Waals surface area (Å²) < 4.78 is 3.01. The summed E-state index contributed by atoms with van der Waals surface area (Å²) in [6.07, 6.45) is 4.95. The van der Waals surface area contributed by atoms with E-state index in [0.29, 0.717) is 11.6 Å². The summed E-state index contributed by atoms with van der Waals surface area (Å²) in [7, 11) is -1.31. The summed E-state index contributed by atoms with van der Waals surface area (Å²) >= 11 is 0. The lowest BCUT2D eigenvalue weighted by molar-refractivity contribution is -0.0531. The van der Waals surface area contributed by atoms with Gasteiger partial charge in [0, 0.05) is 35.8 Å². The second kappa shape index (κ2) is 12.9. The van der Waals surface area contributed by atoms with Crippen LogP contribution >= 0.6 is 16.1 Å². The van der Waals surface area contributed by atoms with Crippen LogP contribution < -0.4 is 10.6 Å². The first-order chi connectivity index (χ1) is 19.4. The summed E-state index contributed by atoms with van der Waals surface area (Å²) in [6, 6.07) is 45.5. The smallest absolute Gasteiger partial charge is 0.0847 e. The van der Waals surface area contributed by atoms with Crippen molar-refractivity contribution in [3.63, 3.8) is 0 Å². The Balaban J connectivity index is 1.57. The van der Waals surface area contributed by atoms with Gasteiger partial charge >= 0.3 is 0 Å². The monoisotopic (exact) mass is 551 g/mol. The Kier molecular flexibility index (Phi) is 8.84. The molecule has 0 radical (unpaired) electrons. The van der Waals surface area contributed by atoms with Gasteiger partial charge in [-0.05, 0) is 41.0 Å². The van der Waals surface area contributed by atoms with Crippen molar-refractivity contribution >= 4 is 26.8 Å². The maximum Gasteiger partial charge on any atom is 0.0847 e. The van der Waals surface area contributed by atoms with Crippen LogP contribution in [0.15, 0.2) is 121 Å². The van der Waals surface area contributed by atoms with Crippen molar-refractivity contribution in [2.24, 2.45) is 0 Å². The predicted octanol–water partition coefficient (Wildman–Crippen LogP) is 8.26. The van der Waals surface area contributed by atoms with E-state index in [1.165, 1.54) is 47.4 Å². The Morgan fingerprint density at radius 3 is 1.46 bits per heavy atom. The third kappa shape index (κ3) is 5.62. The molecule has 0 saturated carbocycles. The van der Waals surface area contributed by atoms with E-state index >= 15 is 0 Å². The minimum absolute atomic E-state index is 0.376. The predicted molar refractivity (Wildman–Crippen MR) is 169 cm³/mol. The number of nitrogens with zero attached hydrogens (tertiary/aromatic N) is 3. The van der Waals surface area contributed by atoms with E-state index in [4.69, 9.17) is 0 Å². The van der Waals surface area contributed by atoms with E-state index in [2.05, 4.69) is 143 Å². The second-order valence-corrected chi connectivity index (χ2v) is 15.1. The average molecular weight is 552 g/mol. The van der Waals surface area contributed by atoms with Crippen LogP contribution in [0.25, 0.3) is 0 Å². The Labute approximate surface area is 237 Å². The number of benzene rings is 4. The molecule has 2 saturated heterocycles. The van der Waals surface area contributed by atoms with E-state index < -0.39 is 16.1 Å². The van der Waals surface area contributed by atoms with Gasteiger partial charge in [-0.3, -0.25) is 0 Å². The van der Waals surface area contributed by atoms with Gasteiger partial charge in [-0.1, -0.05) is 135 Å². The second-order valence-electron chi connectivity index (χ2n) is 10.4. The van der Waals surface area contributed by atoms with Gasteiger partial charge in [-0.15, -0.1) is 0 Å². The summed E-state index contributed by atoms with van der Waals surface area (Å²) in [6.45, 7) is 5.73. The number of hydrazine groups is 1. The third-order valence-corrected chi connectivity index (χ3v) is 14.1. The molecule has 200 valence electrons. The fourth-order valence-corrected chi connectivity index (χ4v) is 13.3. The maximum absolute atomic E-state index is 3.01. The van der Waals surface area contributed by atoms with Crippen molar-refractivity contribution in [1.29, 1.82) is 0 Å². The number of hydrogen-bond acceptors (Lipinski definition) is 3. The Morgan fingerprint density at radius 2 is 1.05 bits per heavy atom. The molecule has 1 unspecified atom stereocenters. The van der Waals surface area contributed by atoms with Gasteiger partial charge in [0.15, 0.2) is 0 Å². The molecule has 3 atom stereocenters. The SMILES string of the molecule is CCCCN(P(c1ccccc1)c1ccccc1)P1[C@H](c2ccccc2)N2CCCCN2[C@@H]1c1ccccc1. The highest BCUT2D eigenvalue weighted by Gasteiger charge is 2.53. The van der Waals surface area contributed by atoms with E-state index in [1.807, 2.05) is 0 Å². The molecular formula is C34H39N3P2. The lowest BCUT2D eigenvalue weighted by Gasteiger charge is -2.42. The van der Waals surface area contributed by atoms with Gasteiger partial charge in [0.25, 0.3) is 0 Å². The van der Waals surface area contributed by atoms with Crippen LogP contribution in [0.1, 0.15) is 55.3 Å². The van der Waals surface area contributed by atoms with Gasteiger partial charge in [0.2, 0.25) is 0 Å². The summed E-state index contributed by atoms with van der Waals surface area (Å²) in [5, 5.41) is 8.45. The number of fused-ring (bicyclic) bond motifs is 1. The molecule has 2 aliphatic heterocycles. The number of unbranched alkanes of at least 4 members (excludes halogenated alkanes) is 1. The highest BCUT2D eigenvalue weighted by Crippen LogP contribution is 2.76. The Morgan fingerprint density at radius 1 is 0.641 bits per heavy atom. The highest BCUT2D eigenvalue weighted by molar-refractivity contribution is 7.79. The molecule has 3 nitrogen and oxygen atoms in total. The molecule has 0 N–H and O–H groups in total. The van der Waals surface area contributed by atoms with Crippen molar-refractivity contribution in [3.8, 4) is 0 Å². The molecule has 0 bridgehead atoms. The van der Waals surface area contributed by atoms with Gasteiger partial charge < -0.3 is 0 Å². The zero-order chi connectivity index (χ0) is 26.4. The van der Waals surface area contributed by atoms with Crippen LogP contribution in [0.4, 0.5) is 0 Å². The molecule has 6 rings (SSSR count). The maximum atomic E-state index is 3.01. The van der Waals surface area contributed by atoms with Crippen LogP contribution in [-0.4, -0.2) is 34.1 Å². The van der Waals surface area contributed by atoms with Crippen molar-refractivity contribution in [2.45, 2.75) is 44.2 Å². The molecule has 0 spiro atoms. The van der Waals surface area contributed by atoms with Crippen LogP contribution in [0, 0.1) is 0 Å². The van der Waals surface area contributed by atoms with Crippen molar-refractivity contribution < 1.29 is 0 Å². The molecule has 2 heterocycles. The molecule has 39 heavy (non-hydrogen) atoms. The van der Waals surface area contributed by atoms with Crippen LogP contribution in [0.5, 0.6) is 0 Å². The third-order valence-electron chi connectivity index (χ3n) is 7.83. The van der Waals surface area contributed by atoms with Gasteiger partial charge in [0.05, 0.1) is 11.6 Å². The first-order valence-corrected chi connectivity index (χ1v) is 17.2.